The maximum Gasteiger partial charge on any atom is 0.268 e. The Balaban J connectivity index is 1.57. The molecule has 26 heavy (non-hydrogen) atoms. The molecule has 1 aliphatic heterocycles. The molecule has 1 aromatic carbocycles. The number of benzene rings is 1. The van der Waals surface area contributed by atoms with Gasteiger partial charge in [-0.2, -0.15) is 0 Å². The number of hydrogen-bond donors (Lipinski definition) is 2. The van der Waals surface area contributed by atoms with Crippen molar-refractivity contribution in [2.75, 3.05) is 25.1 Å². The number of carbonyl (C=O) groups is 2. The minimum atomic E-state index is -2.97. The Morgan fingerprint density at radius 2 is 1.96 bits per heavy atom. The quantitative estimate of drug-likeness (QED) is 0.818. The smallest absolute Gasteiger partial charge is 0.268 e. The molecular weight excluding hydrogens is 378 g/mol. The lowest BCUT2D eigenvalue weighted by atomic mass is 10.1. The maximum absolute atomic E-state index is 12.3. The van der Waals surface area contributed by atoms with Crippen molar-refractivity contribution in [2.45, 2.75) is 18.9 Å². The molecule has 0 aliphatic carbocycles. The summed E-state index contributed by atoms with van der Waals surface area (Å²) in [6, 6.07) is 6.82. The summed E-state index contributed by atoms with van der Waals surface area (Å²) in [4.78, 5) is 29.1. The number of fused-ring (bicyclic) bond motifs is 1. The molecular formula is C17H20ClN3O4S. The third-order valence-corrected chi connectivity index (χ3v) is 6.64. The summed E-state index contributed by atoms with van der Waals surface area (Å²) in [5.74, 6) is -0.439. The normalized spacial score (nSPS) is 17.2. The van der Waals surface area contributed by atoms with Crippen LogP contribution in [-0.2, 0) is 14.6 Å². The highest BCUT2D eigenvalue weighted by Crippen LogP contribution is 2.20. The number of hydrogen-bond acceptors (Lipinski definition) is 4. The fourth-order valence-corrected chi connectivity index (χ4v) is 4.72. The van der Waals surface area contributed by atoms with Gasteiger partial charge in [-0.05, 0) is 37.1 Å². The lowest BCUT2D eigenvalue weighted by molar-refractivity contribution is -0.131. The molecule has 7 nitrogen and oxygen atoms in total. The van der Waals surface area contributed by atoms with E-state index in [1.54, 1.807) is 31.3 Å². The van der Waals surface area contributed by atoms with Crippen molar-refractivity contribution in [1.82, 2.24) is 15.2 Å². The van der Waals surface area contributed by atoms with E-state index >= 15 is 0 Å². The Labute approximate surface area is 156 Å². The van der Waals surface area contributed by atoms with Gasteiger partial charge in [0.1, 0.15) is 15.5 Å². The van der Waals surface area contributed by atoms with E-state index in [0.717, 1.165) is 10.9 Å². The highest BCUT2D eigenvalue weighted by atomic mass is 35.5. The van der Waals surface area contributed by atoms with Crippen LogP contribution in [0.1, 0.15) is 23.3 Å². The Morgan fingerprint density at radius 1 is 1.27 bits per heavy atom. The first kappa shape index (κ1) is 18.7. The largest absolute Gasteiger partial charge is 0.351 e. The molecule has 140 valence electrons. The van der Waals surface area contributed by atoms with Gasteiger partial charge in [0.25, 0.3) is 5.91 Å². The van der Waals surface area contributed by atoms with Gasteiger partial charge in [0.15, 0.2) is 0 Å². The Bertz CT molecular complexity index is 940. The summed E-state index contributed by atoms with van der Waals surface area (Å²) in [5, 5.41) is 3.99. The summed E-state index contributed by atoms with van der Waals surface area (Å²) >= 11 is 5.93. The lowest BCUT2D eigenvalue weighted by Gasteiger charge is -2.31. The number of aromatic amines is 1. The summed E-state index contributed by atoms with van der Waals surface area (Å²) in [6.07, 6.45) is 0.864. The minimum Gasteiger partial charge on any atom is -0.351 e. The monoisotopic (exact) mass is 397 g/mol. The van der Waals surface area contributed by atoms with Gasteiger partial charge in [-0.15, -0.1) is 0 Å². The SMILES string of the molecule is CN(C(=O)CNC(=O)c1cc2cc(Cl)ccc2[nH]1)C1CCS(=O)(=O)CC1. The number of halogens is 1. The van der Waals surface area contributed by atoms with E-state index in [1.807, 2.05) is 0 Å². The molecule has 0 spiro atoms. The molecule has 0 radical (unpaired) electrons. The first-order chi connectivity index (χ1) is 12.2. The van der Waals surface area contributed by atoms with Crippen LogP contribution >= 0.6 is 11.6 Å². The zero-order valence-electron chi connectivity index (χ0n) is 14.3. The minimum absolute atomic E-state index is 0.0965. The molecule has 0 bridgehead atoms. The highest BCUT2D eigenvalue weighted by Gasteiger charge is 2.28. The number of H-pyrrole nitrogens is 1. The molecule has 1 aliphatic rings. The van der Waals surface area contributed by atoms with E-state index in [9.17, 15) is 18.0 Å². The standard InChI is InChI=1S/C17H20ClN3O4S/c1-21(13-4-6-26(24,25)7-5-13)16(22)10-19-17(23)15-9-11-8-12(18)2-3-14(11)20-15/h2-3,8-9,13,20H,4-7,10H2,1H3,(H,19,23). The number of amides is 2. The molecule has 0 atom stereocenters. The predicted octanol–water partition coefficient (Wildman–Crippen LogP) is 1.59. The molecule has 1 aromatic heterocycles. The van der Waals surface area contributed by atoms with Gasteiger partial charge in [-0.25, -0.2) is 8.42 Å². The Kier molecular flexibility index (Phi) is 5.24. The average molecular weight is 398 g/mol. The second-order valence-corrected chi connectivity index (χ2v) is 9.22. The summed E-state index contributed by atoms with van der Waals surface area (Å²) in [7, 11) is -1.33. The van der Waals surface area contributed by atoms with Crippen LogP contribution in [0.4, 0.5) is 0 Å². The van der Waals surface area contributed by atoms with Crippen molar-refractivity contribution in [3.63, 3.8) is 0 Å². The van der Waals surface area contributed by atoms with E-state index in [2.05, 4.69) is 10.3 Å². The van der Waals surface area contributed by atoms with Crippen LogP contribution in [0.3, 0.4) is 0 Å². The summed E-state index contributed by atoms with van der Waals surface area (Å²) in [6.45, 7) is -0.144. The van der Waals surface area contributed by atoms with Crippen LogP contribution in [0.2, 0.25) is 5.02 Å². The Hall–Kier alpha value is -2.06. The topological polar surface area (TPSA) is 99.3 Å². The number of aromatic nitrogens is 1. The van der Waals surface area contributed by atoms with Gasteiger partial charge < -0.3 is 15.2 Å². The van der Waals surface area contributed by atoms with Crippen molar-refractivity contribution >= 4 is 44.2 Å². The molecule has 2 aromatic rings. The first-order valence-electron chi connectivity index (χ1n) is 8.28. The molecule has 0 saturated carbocycles. The molecule has 9 heteroatoms. The lowest BCUT2D eigenvalue weighted by Crippen LogP contribution is -2.46. The second-order valence-electron chi connectivity index (χ2n) is 6.48. The van der Waals surface area contributed by atoms with Gasteiger partial charge in [0, 0.05) is 29.0 Å². The van der Waals surface area contributed by atoms with Crippen molar-refractivity contribution < 1.29 is 18.0 Å². The molecule has 0 unspecified atom stereocenters. The fourth-order valence-electron chi connectivity index (χ4n) is 3.07. The molecule has 2 heterocycles. The van der Waals surface area contributed by atoms with E-state index in [4.69, 9.17) is 11.6 Å². The second kappa shape index (κ2) is 7.28. The van der Waals surface area contributed by atoms with Crippen molar-refractivity contribution in [2.24, 2.45) is 0 Å². The van der Waals surface area contributed by atoms with Gasteiger partial charge >= 0.3 is 0 Å². The fraction of sp³-hybridized carbons (Fsp3) is 0.412. The van der Waals surface area contributed by atoms with Crippen molar-refractivity contribution in [3.05, 3.63) is 35.0 Å². The number of sulfone groups is 1. The number of rotatable bonds is 4. The molecule has 3 rings (SSSR count). The third-order valence-electron chi connectivity index (χ3n) is 4.69. The number of nitrogens with zero attached hydrogens (tertiary/aromatic N) is 1. The molecule has 2 amide bonds. The van der Waals surface area contributed by atoms with Crippen LogP contribution in [0.25, 0.3) is 10.9 Å². The van der Waals surface area contributed by atoms with Gasteiger partial charge in [0.05, 0.1) is 18.1 Å². The first-order valence-corrected chi connectivity index (χ1v) is 10.5. The number of likely N-dealkylation sites (N-methyl/N-ethyl adjacent to an activating group) is 1. The average Bonchev–Trinajstić information content (AvgIpc) is 3.02. The molecule has 1 fully saturated rings. The molecule has 2 N–H and O–H groups in total. The number of carbonyl (C=O) groups excluding carboxylic acids is 2. The van der Waals surface area contributed by atoms with Crippen LogP contribution < -0.4 is 5.32 Å². The van der Waals surface area contributed by atoms with Crippen molar-refractivity contribution in [1.29, 1.82) is 0 Å². The van der Waals surface area contributed by atoms with E-state index < -0.39 is 9.84 Å². The molecule has 1 saturated heterocycles. The maximum atomic E-state index is 12.3. The zero-order chi connectivity index (χ0) is 18.9. The van der Waals surface area contributed by atoms with Crippen LogP contribution in [-0.4, -0.2) is 61.3 Å². The zero-order valence-corrected chi connectivity index (χ0v) is 15.9. The number of nitrogens with one attached hydrogen (secondary N) is 2. The van der Waals surface area contributed by atoms with Crippen LogP contribution in [0, 0.1) is 0 Å². The van der Waals surface area contributed by atoms with Gasteiger partial charge in [-0.1, -0.05) is 11.6 Å². The van der Waals surface area contributed by atoms with E-state index in [0.29, 0.717) is 23.6 Å². The summed E-state index contributed by atoms with van der Waals surface area (Å²) in [5.41, 5.74) is 1.13. The van der Waals surface area contributed by atoms with E-state index in [-0.39, 0.29) is 35.9 Å². The van der Waals surface area contributed by atoms with Crippen LogP contribution in [0.15, 0.2) is 24.3 Å². The summed E-state index contributed by atoms with van der Waals surface area (Å²) < 4.78 is 23.0. The van der Waals surface area contributed by atoms with Crippen LogP contribution in [0.5, 0.6) is 0 Å². The van der Waals surface area contributed by atoms with Crippen molar-refractivity contribution in [3.8, 4) is 0 Å². The highest BCUT2D eigenvalue weighted by molar-refractivity contribution is 7.91. The Morgan fingerprint density at radius 3 is 2.65 bits per heavy atom. The predicted molar refractivity (Wildman–Crippen MR) is 100 cm³/mol. The third kappa shape index (κ3) is 4.19. The van der Waals surface area contributed by atoms with E-state index in [1.165, 1.54) is 4.90 Å². The van der Waals surface area contributed by atoms with Gasteiger partial charge in [-0.3, -0.25) is 9.59 Å². The van der Waals surface area contributed by atoms with Gasteiger partial charge in [0.2, 0.25) is 5.91 Å².